The van der Waals surface area contributed by atoms with Gasteiger partial charge in [-0.2, -0.15) is 0 Å². The highest BCUT2D eigenvalue weighted by molar-refractivity contribution is 6.64. The van der Waals surface area contributed by atoms with Crippen LogP contribution in [0.3, 0.4) is 0 Å². The maximum atomic E-state index is 10.00. The van der Waals surface area contributed by atoms with E-state index in [1.165, 1.54) is 7.41 Å². The first-order valence-electron chi connectivity index (χ1n) is 3.50. The molecule has 1 aliphatic rings. The Balaban J connectivity index is 2.21. The van der Waals surface area contributed by atoms with Gasteiger partial charge in [-0.3, -0.25) is 0 Å². The van der Waals surface area contributed by atoms with Crippen molar-refractivity contribution in [3.05, 3.63) is 0 Å². The fraction of sp³-hybridized carbons (Fsp3) is 0.833. The summed E-state index contributed by atoms with van der Waals surface area (Å²) in [4.78, 5) is 11.9. The van der Waals surface area contributed by atoms with Crippen molar-refractivity contribution in [2.24, 2.45) is 5.92 Å². The van der Waals surface area contributed by atoms with E-state index in [-0.39, 0.29) is 6.61 Å². The van der Waals surface area contributed by atoms with Gasteiger partial charge in [0.15, 0.2) is 0 Å². The van der Waals surface area contributed by atoms with E-state index in [1.807, 2.05) is 4.81 Å². The third kappa shape index (κ3) is 1.82. The molecule has 1 heterocycles. The lowest BCUT2D eigenvalue weighted by Gasteiger charge is -2.09. The zero-order valence-corrected chi connectivity index (χ0v) is 5.86. The van der Waals surface area contributed by atoms with Gasteiger partial charge in [-0.05, 0) is 25.4 Å². The van der Waals surface area contributed by atoms with Gasteiger partial charge < -0.3 is 14.7 Å². The van der Waals surface area contributed by atoms with Gasteiger partial charge in [0.05, 0.1) is 6.19 Å². The molecule has 0 amide bonds. The smallest absolute Gasteiger partial charge is 0.293 e. The van der Waals surface area contributed by atoms with Crippen LogP contribution in [-0.2, 0) is 4.79 Å². The lowest BCUT2D eigenvalue weighted by molar-refractivity contribution is 0.233. The van der Waals surface area contributed by atoms with Gasteiger partial charge in [-0.1, -0.05) is 0 Å². The van der Waals surface area contributed by atoms with Gasteiger partial charge in [0.2, 0.25) is 0 Å². The largest absolute Gasteiger partial charge is 0.396 e. The van der Waals surface area contributed by atoms with Crippen LogP contribution in [0, 0.1) is 5.92 Å². The Labute approximate surface area is 61.3 Å². The van der Waals surface area contributed by atoms with E-state index in [1.54, 1.807) is 0 Å². The molecule has 10 heavy (non-hydrogen) atoms. The molecule has 0 spiro atoms. The summed E-state index contributed by atoms with van der Waals surface area (Å²) in [5.41, 5.74) is 0. The molecule has 0 bridgehead atoms. The zero-order valence-electron chi connectivity index (χ0n) is 5.86. The predicted molar refractivity (Wildman–Crippen MR) is 39.3 cm³/mol. The minimum atomic E-state index is 0.239. The number of hydrogen-bond acceptors (Lipinski definition) is 3. The first-order valence-corrected chi connectivity index (χ1v) is 3.50. The van der Waals surface area contributed by atoms with Crippen LogP contribution in [0.5, 0.6) is 0 Å². The monoisotopic (exact) mass is 140 g/mol. The maximum absolute atomic E-state index is 10.00. The molecule has 0 aromatic rings. The Morgan fingerprint density at radius 1 is 1.80 bits per heavy atom. The lowest BCUT2D eigenvalue weighted by atomic mass is 9.96. The molecule has 0 unspecified atom stereocenters. The highest BCUT2D eigenvalue weighted by atomic mass is 16.3. The maximum Gasteiger partial charge on any atom is 0.293 e. The molecule has 1 rings (SSSR count). The van der Waals surface area contributed by atoms with Crippen molar-refractivity contribution in [3.8, 4) is 0 Å². The highest BCUT2D eigenvalue weighted by Crippen LogP contribution is 2.12. The van der Waals surface area contributed by atoms with E-state index in [0.29, 0.717) is 5.92 Å². The molecule has 55 valence electrons. The van der Waals surface area contributed by atoms with E-state index in [0.717, 1.165) is 25.7 Å². The van der Waals surface area contributed by atoms with Crippen molar-refractivity contribution in [2.45, 2.75) is 6.42 Å². The summed E-state index contributed by atoms with van der Waals surface area (Å²) < 4.78 is 0. The lowest BCUT2D eigenvalue weighted by Crippen LogP contribution is -2.26. The van der Waals surface area contributed by atoms with Crippen molar-refractivity contribution in [2.75, 3.05) is 19.7 Å². The van der Waals surface area contributed by atoms with Gasteiger partial charge in [0.1, 0.15) is 0 Å². The summed E-state index contributed by atoms with van der Waals surface area (Å²) >= 11 is 0. The number of hydrogen-bond donors (Lipinski definition) is 1. The quantitative estimate of drug-likeness (QED) is 0.408. The van der Waals surface area contributed by atoms with Crippen LogP contribution < -0.4 is 0 Å². The van der Waals surface area contributed by atoms with Crippen molar-refractivity contribution in [3.63, 3.8) is 0 Å². The van der Waals surface area contributed by atoms with Crippen LogP contribution in [-0.4, -0.2) is 43.2 Å². The Morgan fingerprint density at radius 2 is 2.60 bits per heavy atom. The average molecular weight is 140 g/mol. The summed E-state index contributed by atoms with van der Waals surface area (Å²) in [7, 11) is 1.54. The normalized spacial score (nSPS) is 26.7. The van der Waals surface area contributed by atoms with Crippen molar-refractivity contribution in [1.29, 1.82) is 0 Å². The van der Waals surface area contributed by atoms with Crippen LogP contribution in [0.15, 0.2) is 0 Å². The molecule has 0 aromatic carbocycles. The Kier molecular flexibility index (Phi) is 2.90. The minimum absolute atomic E-state index is 0.239. The zero-order chi connectivity index (χ0) is 7.40. The number of carbonyl (C=O) groups is 1. The molecule has 0 aromatic heterocycles. The summed E-state index contributed by atoms with van der Waals surface area (Å²) in [6.45, 7) is 1.97. The second-order valence-corrected chi connectivity index (χ2v) is 2.62. The van der Waals surface area contributed by atoms with Crippen LogP contribution >= 0.6 is 0 Å². The first kappa shape index (κ1) is 7.76. The third-order valence-corrected chi connectivity index (χ3v) is 1.85. The van der Waals surface area contributed by atoms with E-state index in [4.69, 9.17) is 5.11 Å². The molecule has 1 fully saturated rings. The van der Waals surface area contributed by atoms with E-state index >= 15 is 0 Å². The fourth-order valence-electron chi connectivity index (χ4n) is 1.23. The molecule has 0 saturated carbocycles. The van der Waals surface area contributed by atoms with Crippen LogP contribution in [0.4, 0.5) is 0 Å². The average Bonchev–Trinajstić information content (AvgIpc) is 2.37. The Morgan fingerprint density at radius 3 is 3.10 bits per heavy atom. The number of rotatable bonds is 3. The van der Waals surface area contributed by atoms with Crippen LogP contribution in [0.25, 0.3) is 0 Å². The molecular weight excluding hydrogens is 129 g/mol. The van der Waals surface area contributed by atoms with Crippen LogP contribution in [0.1, 0.15) is 6.42 Å². The second-order valence-electron chi connectivity index (χ2n) is 2.62. The molecule has 4 heteroatoms. The minimum Gasteiger partial charge on any atom is -0.396 e. The molecule has 1 N–H and O–H groups in total. The van der Waals surface area contributed by atoms with E-state index in [2.05, 4.69) is 0 Å². The molecule has 1 atom stereocenters. The molecular formula is C6H11BNO2. The first-order chi connectivity index (χ1) is 4.86. The summed E-state index contributed by atoms with van der Waals surface area (Å²) in [5, 5.41) is 8.72. The topological polar surface area (TPSA) is 40.5 Å². The number of aliphatic hydroxyl groups excluding tert-OH is 1. The van der Waals surface area contributed by atoms with E-state index in [9.17, 15) is 4.79 Å². The van der Waals surface area contributed by atoms with Crippen molar-refractivity contribution >= 4 is 13.6 Å². The third-order valence-electron chi connectivity index (χ3n) is 1.85. The molecule has 1 saturated heterocycles. The van der Waals surface area contributed by atoms with Crippen molar-refractivity contribution < 1.29 is 9.90 Å². The summed E-state index contributed by atoms with van der Waals surface area (Å²) in [6, 6.07) is 0. The molecule has 3 nitrogen and oxygen atoms in total. The molecule has 0 aliphatic carbocycles. The number of nitrogens with zero attached hydrogens (tertiary/aromatic N) is 1. The fourth-order valence-corrected chi connectivity index (χ4v) is 1.23. The molecule has 1 aliphatic heterocycles. The summed E-state index contributed by atoms with van der Waals surface area (Å²) in [6.07, 6.45) is 1.79. The van der Waals surface area contributed by atoms with Gasteiger partial charge in [-0.15, -0.1) is 0 Å². The van der Waals surface area contributed by atoms with Gasteiger partial charge in [0.25, 0.3) is 7.41 Å². The van der Waals surface area contributed by atoms with E-state index < -0.39 is 0 Å². The van der Waals surface area contributed by atoms with Gasteiger partial charge >= 0.3 is 0 Å². The standard InChI is InChI=1S/C6H11BNO2/c9-4-6-1-2-8(3-6)7-5-10/h5-6,9H,1-4H2/t6-/m0/s1. The Bertz CT molecular complexity index is 120. The van der Waals surface area contributed by atoms with Crippen LogP contribution in [0.2, 0.25) is 0 Å². The highest BCUT2D eigenvalue weighted by Gasteiger charge is 2.21. The number of carbonyl (C=O) groups excluding carboxylic acids is 1. The van der Waals surface area contributed by atoms with Gasteiger partial charge in [-0.25, -0.2) is 0 Å². The van der Waals surface area contributed by atoms with Crippen molar-refractivity contribution in [1.82, 2.24) is 4.81 Å². The van der Waals surface area contributed by atoms with Gasteiger partial charge in [0, 0.05) is 6.61 Å². The summed E-state index contributed by atoms with van der Waals surface area (Å²) in [5.74, 6) is 0.371. The number of aliphatic hydroxyl groups is 1. The SMILES string of the molecule is O=C[B]N1CC[C@H](CO)C1. The second kappa shape index (κ2) is 3.73. The molecule has 1 radical (unpaired) electrons. The predicted octanol–water partition coefficient (Wildman–Crippen LogP) is -0.890. The Hall–Kier alpha value is -0.345.